The average molecular weight is 348 g/mol. The standard InChI is InChI=1S/C17H17FN2O3S/c1-12-7-8-13(20-9-4-10-24(20,22)23)11-16(12)19-17(21)14-5-2-3-6-15(14)18/h2-3,5-8,11H,4,9-10H2,1H3,(H,19,21). The van der Waals surface area contributed by atoms with Crippen molar-refractivity contribution in [3.8, 4) is 0 Å². The van der Waals surface area contributed by atoms with Crippen molar-refractivity contribution in [2.45, 2.75) is 13.3 Å². The number of carbonyl (C=O) groups is 1. The molecule has 1 aliphatic rings. The van der Waals surface area contributed by atoms with Crippen molar-refractivity contribution in [3.05, 3.63) is 59.4 Å². The first-order valence-corrected chi connectivity index (χ1v) is 9.16. The zero-order chi connectivity index (χ0) is 17.3. The van der Waals surface area contributed by atoms with E-state index in [4.69, 9.17) is 0 Å². The first-order chi connectivity index (χ1) is 11.4. The van der Waals surface area contributed by atoms with Crippen LogP contribution in [0.5, 0.6) is 0 Å². The summed E-state index contributed by atoms with van der Waals surface area (Å²) in [6.45, 7) is 2.21. The lowest BCUT2D eigenvalue weighted by Crippen LogP contribution is -2.25. The third-order valence-electron chi connectivity index (χ3n) is 3.98. The van der Waals surface area contributed by atoms with Crippen LogP contribution in [0, 0.1) is 12.7 Å². The summed E-state index contributed by atoms with van der Waals surface area (Å²) in [5.41, 5.74) is 1.67. The summed E-state index contributed by atoms with van der Waals surface area (Å²) in [5.74, 6) is -1.05. The third kappa shape index (κ3) is 3.12. The fraction of sp³-hybridized carbons (Fsp3) is 0.235. The van der Waals surface area contributed by atoms with E-state index in [2.05, 4.69) is 5.32 Å². The van der Waals surface area contributed by atoms with Crippen molar-refractivity contribution >= 4 is 27.3 Å². The molecule has 3 rings (SSSR count). The lowest BCUT2D eigenvalue weighted by molar-refractivity contribution is 0.102. The summed E-state index contributed by atoms with van der Waals surface area (Å²) in [6, 6.07) is 10.8. The van der Waals surface area contributed by atoms with Crippen molar-refractivity contribution in [3.63, 3.8) is 0 Å². The van der Waals surface area contributed by atoms with E-state index < -0.39 is 21.7 Å². The molecule has 1 aliphatic heterocycles. The summed E-state index contributed by atoms with van der Waals surface area (Å²) in [5, 5.41) is 2.66. The van der Waals surface area contributed by atoms with Crippen LogP contribution in [0.3, 0.4) is 0 Å². The maximum atomic E-state index is 13.7. The molecule has 1 saturated heterocycles. The lowest BCUT2D eigenvalue weighted by atomic mass is 10.1. The van der Waals surface area contributed by atoms with Gasteiger partial charge in [0.15, 0.2) is 0 Å². The van der Waals surface area contributed by atoms with E-state index >= 15 is 0 Å². The molecule has 24 heavy (non-hydrogen) atoms. The summed E-state index contributed by atoms with van der Waals surface area (Å²) in [4.78, 5) is 12.3. The van der Waals surface area contributed by atoms with Gasteiger partial charge in [0.2, 0.25) is 10.0 Å². The molecular weight excluding hydrogens is 331 g/mol. The quantitative estimate of drug-likeness (QED) is 0.927. The van der Waals surface area contributed by atoms with Crippen molar-refractivity contribution in [2.24, 2.45) is 0 Å². The Labute approximate surface area is 140 Å². The molecule has 0 aromatic heterocycles. The number of halogens is 1. The molecule has 0 aliphatic carbocycles. The Morgan fingerprint density at radius 1 is 1.21 bits per heavy atom. The number of hydrogen-bond donors (Lipinski definition) is 1. The number of nitrogens with zero attached hydrogens (tertiary/aromatic N) is 1. The number of sulfonamides is 1. The summed E-state index contributed by atoms with van der Waals surface area (Å²) < 4.78 is 39.1. The van der Waals surface area contributed by atoms with Gasteiger partial charge in [0.05, 0.1) is 17.0 Å². The Morgan fingerprint density at radius 3 is 2.62 bits per heavy atom. The van der Waals surface area contributed by atoms with Crippen molar-refractivity contribution in [1.82, 2.24) is 0 Å². The molecule has 0 unspecified atom stereocenters. The van der Waals surface area contributed by atoms with Crippen LogP contribution in [-0.4, -0.2) is 26.6 Å². The monoisotopic (exact) mass is 348 g/mol. The topological polar surface area (TPSA) is 66.5 Å². The highest BCUT2D eigenvalue weighted by atomic mass is 32.2. The summed E-state index contributed by atoms with van der Waals surface area (Å²) >= 11 is 0. The number of benzene rings is 2. The Kier molecular flexibility index (Phi) is 4.28. The second-order valence-corrected chi connectivity index (χ2v) is 7.69. The van der Waals surface area contributed by atoms with E-state index in [0.717, 1.165) is 5.56 Å². The van der Waals surface area contributed by atoms with Gasteiger partial charge in [-0.2, -0.15) is 0 Å². The predicted molar refractivity (Wildman–Crippen MR) is 91.3 cm³/mol. The number of nitrogens with one attached hydrogen (secondary N) is 1. The number of aryl methyl sites for hydroxylation is 1. The van der Waals surface area contributed by atoms with Gasteiger partial charge in [0.1, 0.15) is 5.82 Å². The van der Waals surface area contributed by atoms with Gasteiger partial charge in [-0.1, -0.05) is 18.2 Å². The molecule has 0 atom stereocenters. The van der Waals surface area contributed by atoms with Crippen LogP contribution in [-0.2, 0) is 10.0 Å². The van der Waals surface area contributed by atoms with E-state index in [1.54, 1.807) is 31.2 Å². The van der Waals surface area contributed by atoms with Crippen LogP contribution in [0.2, 0.25) is 0 Å². The van der Waals surface area contributed by atoms with Crippen LogP contribution < -0.4 is 9.62 Å². The maximum absolute atomic E-state index is 13.7. The molecular formula is C17H17FN2O3S. The van der Waals surface area contributed by atoms with Gasteiger partial charge in [0, 0.05) is 12.2 Å². The minimum atomic E-state index is -3.30. The maximum Gasteiger partial charge on any atom is 0.258 e. The molecule has 0 saturated carbocycles. The number of carbonyl (C=O) groups excluding carboxylic acids is 1. The Hall–Kier alpha value is -2.41. The van der Waals surface area contributed by atoms with E-state index in [-0.39, 0.29) is 11.3 Å². The van der Waals surface area contributed by atoms with Gasteiger partial charge in [-0.05, 0) is 43.2 Å². The van der Waals surface area contributed by atoms with Gasteiger partial charge in [-0.15, -0.1) is 0 Å². The largest absolute Gasteiger partial charge is 0.322 e. The Bertz CT molecular complexity index is 896. The molecule has 5 nitrogen and oxygen atoms in total. The minimum Gasteiger partial charge on any atom is -0.322 e. The summed E-state index contributed by atoms with van der Waals surface area (Å²) in [6.07, 6.45) is 0.577. The molecule has 0 bridgehead atoms. The van der Waals surface area contributed by atoms with Gasteiger partial charge < -0.3 is 5.32 Å². The third-order valence-corrected chi connectivity index (χ3v) is 5.84. The Balaban J connectivity index is 1.90. The van der Waals surface area contributed by atoms with E-state index in [0.29, 0.717) is 24.3 Å². The fourth-order valence-corrected chi connectivity index (χ4v) is 4.22. The number of hydrogen-bond acceptors (Lipinski definition) is 3. The second kappa shape index (κ2) is 6.24. The van der Waals surface area contributed by atoms with E-state index in [1.165, 1.54) is 22.5 Å². The van der Waals surface area contributed by atoms with Gasteiger partial charge in [-0.25, -0.2) is 12.8 Å². The molecule has 2 aromatic carbocycles. The van der Waals surface area contributed by atoms with E-state index in [1.807, 2.05) is 0 Å². The summed E-state index contributed by atoms with van der Waals surface area (Å²) in [7, 11) is -3.30. The molecule has 0 radical (unpaired) electrons. The molecule has 1 N–H and O–H groups in total. The number of rotatable bonds is 3. The molecule has 1 heterocycles. The molecule has 1 fully saturated rings. The highest BCUT2D eigenvalue weighted by Gasteiger charge is 2.28. The van der Waals surface area contributed by atoms with Gasteiger partial charge >= 0.3 is 0 Å². The number of anilines is 2. The smallest absolute Gasteiger partial charge is 0.258 e. The molecule has 126 valence electrons. The average Bonchev–Trinajstić information content (AvgIpc) is 2.89. The normalized spacial score (nSPS) is 16.2. The van der Waals surface area contributed by atoms with Crippen LogP contribution in [0.25, 0.3) is 0 Å². The van der Waals surface area contributed by atoms with Crippen molar-refractivity contribution < 1.29 is 17.6 Å². The highest BCUT2D eigenvalue weighted by Crippen LogP contribution is 2.28. The molecule has 7 heteroatoms. The van der Waals surface area contributed by atoms with Crippen LogP contribution in [0.4, 0.5) is 15.8 Å². The lowest BCUT2D eigenvalue weighted by Gasteiger charge is -2.19. The van der Waals surface area contributed by atoms with E-state index in [9.17, 15) is 17.6 Å². The second-order valence-electron chi connectivity index (χ2n) is 5.67. The van der Waals surface area contributed by atoms with Gasteiger partial charge in [0.25, 0.3) is 5.91 Å². The minimum absolute atomic E-state index is 0.0592. The molecule has 1 amide bonds. The zero-order valence-corrected chi connectivity index (χ0v) is 13.9. The number of amides is 1. The fourth-order valence-electron chi connectivity index (χ4n) is 2.66. The van der Waals surface area contributed by atoms with Gasteiger partial charge in [-0.3, -0.25) is 9.10 Å². The van der Waals surface area contributed by atoms with Crippen LogP contribution >= 0.6 is 0 Å². The highest BCUT2D eigenvalue weighted by molar-refractivity contribution is 7.93. The first-order valence-electron chi connectivity index (χ1n) is 7.55. The molecule has 0 spiro atoms. The van der Waals surface area contributed by atoms with Crippen LogP contribution in [0.15, 0.2) is 42.5 Å². The van der Waals surface area contributed by atoms with Crippen molar-refractivity contribution in [1.29, 1.82) is 0 Å². The predicted octanol–water partition coefficient (Wildman–Crippen LogP) is 2.93. The first kappa shape index (κ1) is 16.4. The SMILES string of the molecule is Cc1ccc(N2CCCS2(=O)=O)cc1NC(=O)c1ccccc1F. The molecule has 2 aromatic rings. The van der Waals surface area contributed by atoms with Crippen LogP contribution in [0.1, 0.15) is 22.3 Å². The zero-order valence-electron chi connectivity index (χ0n) is 13.1. The Morgan fingerprint density at radius 2 is 1.96 bits per heavy atom. The van der Waals surface area contributed by atoms with Crippen molar-refractivity contribution in [2.75, 3.05) is 21.9 Å².